The SMILES string of the molecule is C=C1C(CO)N(C)OC1n1cc(C)c(=O)[nH]c1=O. The van der Waals surface area contributed by atoms with Crippen molar-refractivity contribution in [3.63, 3.8) is 0 Å². The Morgan fingerprint density at radius 3 is 2.78 bits per heavy atom. The highest BCUT2D eigenvalue weighted by Crippen LogP contribution is 2.30. The van der Waals surface area contributed by atoms with Crippen LogP contribution in [0.5, 0.6) is 0 Å². The van der Waals surface area contributed by atoms with Crippen molar-refractivity contribution in [2.45, 2.75) is 19.2 Å². The van der Waals surface area contributed by atoms with Gasteiger partial charge in [0, 0.05) is 18.8 Å². The molecule has 0 amide bonds. The molecule has 7 nitrogen and oxygen atoms in total. The normalized spacial score (nSPS) is 24.7. The standard InChI is InChI=1S/C11H15N3O4/c1-6-4-14(11(17)12-9(6)16)10-7(2)8(5-15)13(3)18-10/h4,8,10,15H,2,5H2,1,3H3,(H,12,16,17). The number of likely N-dealkylation sites (N-methyl/N-ethyl adjacent to an activating group) is 1. The number of aliphatic hydroxyl groups is 1. The molecule has 1 aliphatic heterocycles. The van der Waals surface area contributed by atoms with Gasteiger partial charge in [-0.3, -0.25) is 19.2 Å². The fraction of sp³-hybridized carbons (Fsp3) is 0.455. The molecule has 0 aromatic carbocycles. The summed E-state index contributed by atoms with van der Waals surface area (Å²) in [4.78, 5) is 30.7. The summed E-state index contributed by atoms with van der Waals surface area (Å²) in [5.41, 5.74) is -0.0229. The first-order valence-corrected chi connectivity index (χ1v) is 5.47. The Morgan fingerprint density at radius 2 is 2.22 bits per heavy atom. The van der Waals surface area contributed by atoms with Crippen LogP contribution >= 0.6 is 0 Å². The summed E-state index contributed by atoms with van der Waals surface area (Å²) in [5.74, 6) is 0. The molecule has 0 saturated carbocycles. The summed E-state index contributed by atoms with van der Waals surface area (Å²) >= 11 is 0. The molecule has 2 heterocycles. The maximum Gasteiger partial charge on any atom is 0.330 e. The van der Waals surface area contributed by atoms with E-state index in [0.29, 0.717) is 11.1 Å². The van der Waals surface area contributed by atoms with Gasteiger partial charge in [-0.05, 0) is 12.5 Å². The molecule has 2 rings (SSSR count). The molecule has 1 saturated heterocycles. The van der Waals surface area contributed by atoms with E-state index in [1.54, 1.807) is 14.0 Å². The monoisotopic (exact) mass is 253 g/mol. The Bertz CT molecular complexity index is 589. The summed E-state index contributed by atoms with van der Waals surface area (Å²) in [6.45, 7) is 5.28. The molecule has 1 fully saturated rings. The molecule has 98 valence electrons. The van der Waals surface area contributed by atoms with E-state index < -0.39 is 17.5 Å². The molecule has 0 radical (unpaired) electrons. The third kappa shape index (κ3) is 1.92. The Labute approximate surface area is 103 Å². The van der Waals surface area contributed by atoms with Gasteiger partial charge in [-0.25, -0.2) is 4.79 Å². The van der Waals surface area contributed by atoms with Crippen LogP contribution in [0.25, 0.3) is 0 Å². The van der Waals surface area contributed by atoms with Crippen LogP contribution in [0.4, 0.5) is 0 Å². The maximum atomic E-state index is 11.7. The van der Waals surface area contributed by atoms with Crippen LogP contribution in [-0.4, -0.2) is 39.4 Å². The highest BCUT2D eigenvalue weighted by molar-refractivity contribution is 5.14. The number of rotatable bonds is 2. The molecule has 2 N–H and O–H groups in total. The van der Waals surface area contributed by atoms with Crippen LogP contribution in [0, 0.1) is 6.92 Å². The van der Waals surface area contributed by atoms with E-state index >= 15 is 0 Å². The Morgan fingerprint density at radius 1 is 1.56 bits per heavy atom. The number of hydroxylamine groups is 2. The van der Waals surface area contributed by atoms with Crippen molar-refractivity contribution >= 4 is 0 Å². The van der Waals surface area contributed by atoms with Gasteiger partial charge in [0.15, 0.2) is 6.23 Å². The molecule has 0 bridgehead atoms. The Hall–Kier alpha value is -1.70. The van der Waals surface area contributed by atoms with E-state index in [1.165, 1.54) is 15.8 Å². The van der Waals surface area contributed by atoms with E-state index in [-0.39, 0.29) is 12.6 Å². The topological polar surface area (TPSA) is 87.6 Å². The van der Waals surface area contributed by atoms with Crippen LogP contribution in [-0.2, 0) is 4.84 Å². The minimum absolute atomic E-state index is 0.150. The predicted octanol–water partition coefficient (Wildman–Crippen LogP) is -0.862. The van der Waals surface area contributed by atoms with Gasteiger partial charge in [0.25, 0.3) is 5.56 Å². The second-order valence-electron chi connectivity index (χ2n) is 4.26. The molecule has 1 aliphatic rings. The lowest BCUT2D eigenvalue weighted by molar-refractivity contribution is -0.169. The lowest BCUT2D eigenvalue weighted by Gasteiger charge is -2.14. The van der Waals surface area contributed by atoms with E-state index in [1.807, 2.05) is 0 Å². The summed E-state index contributed by atoms with van der Waals surface area (Å²) in [5, 5.41) is 10.7. The van der Waals surface area contributed by atoms with Crippen LogP contribution in [0.15, 0.2) is 27.9 Å². The third-order valence-corrected chi connectivity index (χ3v) is 3.02. The number of nitrogens with one attached hydrogen (secondary N) is 1. The molecule has 7 heteroatoms. The summed E-state index contributed by atoms with van der Waals surface area (Å²) in [6.07, 6.45) is 0.708. The van der Waals surface area contributed by atoms with Crippen LogP contribution in [0.3, 0.4) is 0 Å². The zero-order chi connectivity index (χ0) is 13.4. The molecule has 2 unspecified atom stereocenters. The number of nitrogens with zero attached hydrogens (tertiary/aromatic N) is 2. The molecule has 2 atom stereocenters. The summed E-state index contributed by atoms with van der Waals surface area (Å²) in [7, 11) is 1.65. The van der Waals surface area contributed by atoms with Gasteiger partial charge in [-0.15, -0.1) is 0 Å². The first-order chi connectivity index (χ1) is 8.45. The highest BCUT2D eigenvalue weighted by atomic mass is 16.7. The second-order valence-corrected chi connectivity index (χ2v) is 4.26. The number of aromatic nitrogens is 2. The molecule has 1 aromatic heterocycles. The zero-order valence-corrected chi connectivity index (χ0v) is 10.2. The lowest BCUT2D eigenvalue weighted by Crippen LogP contribution is -2.33. The van der Waals surface area contributed by atoms with Gasteiger partial charge < -0.3 is 5.11 Å². The van der Waals surface area contributed by atoms with Gasteiger partial charge in [0.2, 0.25) is 0 Å². The quantitative estimate of drug-likeness (QED) is 0.669. The van der Waals surface area contributed by atoms with Crippen molar-refractivity contribution in [3.05, 3.63) is 44.8 Å². The smallest absolute Gasteiger partial charge is 0.330 e. The van der Waals surface area contributed by atoms with Crippen molar-refractivity contribution in [2.24, 2.45) is 0 Å². The fourth-order valence-corrected chi connectivity index (χ4v) is 1.92. The number of H-pyrrole nitrogens is 1. The molecular formula is C11H15N3O4. The van der Waals surface area contributed by atoms with Crippen molar-refractivity contribution in [2.75, 3.05) is 13.7 Å². The minimum Gasteiger partial charge on any atom is -0.394 e. The number of hydrogen-bond acceptors (Lipinski definition) is 5. The molecular weight excluding hydrogens is 238 g/mol. The largest absolute Gasteiger partial charge is 0.394 e. The maximum absolute atomic E-state index is 11.7. The highest BCUT2D eigenvalue weighted by Gasteiger charge is 2.36. The first-order valence-electron chi connectivity index (χ1n) is 5.47. The van der Waals surface area contributed by atoms with Gasteiger partial charge in [0.05, 0.1) is 12.6 Å². The first kappa shape index (κ1) is 12.7. The molecule has 18 heavy (non-hydrogen) atoms. The Kier molecular flexibility index (Phi) is 3.20. The zero-order valence-electron chi connectivity index (χ0n) is 10.2. The van der Waals surface area contributed by atoms with Crippen LogP contribution in [0.1, 0.15) is 11.8 Å². The van der Waals surface area contributed by atoms with Gasteiger partial charge in [-0.1, -0.05) is 6.58 Å². The van der Waals surface area contributed by atoms with E-state index in [9.17, 15) is 14.7 Å². The van der Waals surface area contributed by atoms with Gasteiger partial charge >= 0.3 is 5.69 Å². The number of aromatic amines is 1. The Balaban J connectivity index is 2.45. The van der Waals surface area contributed by atoms with Crippen LogP contribution in [0.2, 0.25) is 0 Å². The van der Waals surface area contributed by atoms with Crippen LogP contribution < -0.4 is 11.2 Å². The van der Waals surface area contributed by atoms with Gasteiger partial charge in [0.1, 0.15) is 0 Å². The van der Waals surface area contributed by atoms with Crippen molar-refractivity contribution in [1.29, 1.82) is 0 Å². The summed E-state index contributed by atoms with van der Waals surface area (Å²) in [6, 6.07) is -0.367. The van der Waals surface area contributed by atoms with Crippen molar-refractivity contribution in [1.82, 2.24) is 14.6 Å². The van der Waals surface area contributed by atoms with Gasteiger partial charge in [-0.2, -0.15) is 5.06 Å². The average molecular weight is 253 g/mol. The summed E-state index contributed by atoms with van der Waals surface area (Å²) < 4.78 is 1.26. The average Bonchev–Trinajstić information content (AvgIpc) is 2.59. The molecule has 0 aliphatic carbocycles. The fourth-order valence-electron chi connectivity index (χ4n) is 1.92. The van der Waals surface area contributed by atoms with E-state index in [2.05, 4.69) is 11.6 Å². The van der Waals surface area contributed by atoms with E-state index in [0.717, 1.165) is 0 Å². The minimum atomic E-state index is -0.713. The number of aliphatic hydroxyl groups excluding tert-OH is 1. The van der Waals surface area contributed by atoms with E-state index in [4.69, 9.17) is 4.84 Å². The second kappa shape index (κ2) is 4.52. The molecule has 1 aromatic rings. The number of aryl methyl sites for hydroxylation is 1. The van der Waals surface area contributed by atoms with Crippen molar-refractivity contribution < 1.29 is 9.94 Å². The van der Waals surface area contributed by atoms with Crippen molar-refractivity contribution in [3.8, 4) is 0 Å². The molecule has 0 spiro atoms. The third-order valence-electron chi connectivity index (χ3n) is 3.02. The predicted molar refractivity (Wildman–Crippen MR) is 64.0 cm³/mol. The lowest BCUT2D eigenvalue weighted by atomic mass is 10.1. The number of hydrogen-bond donors (Lipinski definition) is 2.